The van der Waals surface area contributed by atoms with Crippen LogP contribution in [-0.2, 0) is 0 Å². The molecule has 0 aliphatic carbocycles. The lowest BCUT2D eigenvalue weighted by Crippen LogP contribution is -2.40. The van der Waals surface area contributed by atoms with Gasteiger partial charge in [-0.1, -0.05) is 12.1 Å². The van der Waals surface area contributed by atoms with Gasteiger partial charge in [0.15, 0.2) is 0 Å². The summed E-state index contributed by atoms with van der Waals surface area (Å²) in [5, 5.41) is 4.05. The summed E-state index contributed by atoms with van der Waals surface area (Å²) in [7, 11) is 1.63. The van der Waals surface area contributed by atoms with Gasteiger partial charge in [0.1, 0.15) is 17.7 Å². The highest BCUT2D eigenvalue weighted by atomic mass is 16.5. The number of fused-ring (bicyclic) bond motifs is 1. The molecule has 1 fully saturated rings. The van der Waals surface area contributed by atoms with Gasteiger partial charge in [-0.3, -0.25) is 4.90 Å². The van der Waals surface area contributed by atoms with E-state index in [-0.39, 0.29) is 6.03 Å². The number of urea groups is 1. The van der Waals surface area contributed by atoms with Gasteiger partial charge < -0.3 is 19.9 Å². The number of H-pyrrole nitrogens is 1. The maximum atomic E-state index is 13.4. The lowest BCUT2D eigenvalue weighted by Gasteiger charge is -2.26. The van der Waals surface area contributed by atoms with Crippen LogP contribution in [0.1, 0.15) is 18.4 Å². The molecule has 1 aliphatic rings. The van der Waals surface area contributed by atoms with Crippen LogP contribution in [0.25, 0.3) is 22.3 Å². The van der Waals surface area contributed by atoms with Crippen LogP contribution in [0.4, 0.5) is 16.2 Å². The summed E-state index contributed by atoms with van der Waals surface area (Å²) in [6.07, 6.45) is 5.96. The van der Waals surface area contributed by atoms with Crippen LogP contribution in [-0.4, -0.2) is 59.2 Å². The van der Waals surface area contributed by atoms with E-state index >= 15 is 0 Å². The number of likely N-dealkylation sites (tertiary alicyclic amines) is 1. The average Bonchev–Trinajstić information content (AvgIpc) is 3.55. The van der Waals surface area contributed by atoms with Gasteiger partial charge in [-0.15, -0.1) is 0 Å². The molecule has 2 aromatic carbocycles. The quantitative estimate of drug-likeness (QED) is 0.394. The number of aryl methyl sites for hydroxylation is 1. The normalized spacial score (nSPS) is 13.8. The fraction of sp³-hybridized carbons (Fsp3) is 0.296. The second kappa shape index (κ2) is 10.1. The van der Waals surface area contributed by atoms with Crippen molar-refractivity contribution >= 4 is 28.4 Å². The fourth-order valence-electron chi connectivity index (χ4n) is 4.60. The monoisotopic (exact) mass is 470 g/mol. The summed E-state index contributed by atoms with van der Waals surface area (Å²) in [5.41, 5.74) is 5.36. The van der Waals surface area contributed by atoms with Gasteiger partial charge in [-0.2, -0.15) is 0 Å². The predicted octanol–water partition coefficient (Wildman–Crippen LogP) is 5.08. The lowest BCUT2D eigenvalue weighted by atomic mass is 10.1. The Morgan fingerprint density at radius 3 is 2.54 bits per heavy atom. The lowest BCUT2D eigenvalue weighted by molar-refractivity contribution is 0.255. The summed E-state index contributed by atoms with van der Waals surface area (Å²) >= 11 is 0. The van der Waals surface area contributed by atoms with Crippen LogP contribution in [0, 0.1) is 6.92 Å². The molecule has 0 bridgehead atoms. The number of anilines is 2. The van der Waals surface area contributed by atoms with Crippen molar-refractivity contribution in [3.63, 3.8) is 0 Å². The summed E-state index contributed by atoms with van der Waals surface area (Å²) in [6.45, 7) is 5.67. The molecule has 0 atom stereocenters. The van der Waals surface area contributed by atoms with Gasteiger partial charge in [-0.05, 0) is 74.8 Å². The molecule has 1 aliphatic heterocycles. The van der Waals surface area contributed by atoms with Crippen LogP contribution >= 0.6 is 0 Å². The van der Waals surface area contributed by atoms with E-state index < -0.39 is 0 Å². The number of ether oxygens (including phenoxy) is 1. The molecule has 3 heterocycles. The topological polar surface area (TPSA) is 86.4 Å². The van der Waals surface area contributed by atoms with E-state index in [1.54, 1.807) is 13.4 Å². The molecule has 8 nitrogen and oxygen atoms in total. The number of rotatable bonds is 7. The molecule has 5 rings (SSSR count). The number of benzene rings is 2. The molecule has 4 aromatic rings. The van der Waals surface area contributed by atoms with Gasteiger partial charge in [0.05, 0.1) is 12.8 Å². The fourth-order valence-corrected chi connectivity index (χ4v) is 4.60. The van der Waals surface area contributed by atoms with E-state index in [9.17, 15) is 4.79 Å². The zero-order valence-corrected chi connectivity index (χ0v) is 20.1. The molecule has 2 amide bonds. The third-order valence-electron chi connectivity index (χ3n) is 6.54. The summed E-state index contributed by atoms with van der Waals surface area (Å²) in [4.78, 5) is 29.6. The Kier molecular flexibility index (Phi) is 6.63. The first kappa shape index (κ1) is 22.9. The van der Waals surface area contributed by atoms with Crippen molar-refractivity contribution in [1.29, 1.82) is 0 Å². The van der Waals surface area contributed by atoms with Crippen molar-refractivity contribution in [2.45, 2.75) is 19.8 Å². The number of aromatic amines is 1. The van der Waals surface area contributed by atoms with Crippen molar-refractivity contribution < 1.29 is 9.53 Å². The minimum absolute atomic E-state index is 0.159. The van der Waals surface area contributed by atoms with Crippen molar-refractivity contribution in [2.24, 2.45) is 0 Å². The van der Waals surface area contributed by atoms with Gasteiger partial charge >= 0.3 is 6.03 Å². The molecule has 1 saturated heterocycles. The van der Waals surface area contributed by atoms with Crippen LogP contribution in [0.15, 0.2) is 61.1 Å². The summed E-state index contributed by atoms with van der Waals surface area (Å²) in [5.74, 6) is 0.751. The van der Waals surface area contributed by atoms with Crippen LogP contribution in [0.3, 0.4) is 0 Å². The first-order valence-corrected chi connectivity index (χ1v) is 12.0. The van der Waals surface area contributed by atoms with E-state index in [1.807, 2.05) is 66.6 Å². The van der Waals surface area contributed by atoms with Gasteiger partial charge in [0.2, 0.25) is 0 Å². The number of amides is 2. The highest BCUT2D eigenvalue weighted by Gasteiger charge is 2.20. The number of hydrogen-bond donors (Lipinski definition) is 2. The Morgan fingerprint density at radius 1 is 1.09 bits per heavy atom. The molecular formula is C27H30N6O2. The molecule has 8 heteroatoms. The second-order valence-corrected chi connectivity index (χ2v) is 8.82. The van der Waals surface area contributed by atoms with Crippen LogP contribution < -0.4 is 15.0 Å². The van der Waals surface area contributed by atoms with Crippen molar-refractivity contribution in [3.8, 4) is 17.0 Å². The molecular weight excluding hydrogens is 440 g/mol. The van der Waals surface area contributed by atoms with Crippen molar-refractivity contribution in [2.75, 3.05) is 43.5 Å². The second-order valence-electron chi connectivity index (χ2n) is 8.82. The highest BCUT2D eigenvalue weighted by Crippen LogP contribution is 2.29. The van der Waals surface area contributed by atoms with E-state index in [2.05, 4.69) is 25.2 Å². The predicted molar refractivity (Wildman–Crippen MR) is 139 cm³/mol. The molecule has 2 N–H and O–H groups in total. The van der Waals surface area contributed by atoms with Gasteiger partial charge in [-0.25, -0.2) is 14.8 Å². The Bertz CT molecular complexity index is 1290. The van der Waals surface area contributed by atoms with E-state index in [0.717, 1.165) is 64.6 Å². The summed E-state index contributed by atoms with van der Waals surface area (Å²) in [6, 6.07) is 15.2. The maximum absolute atomic E-state index is 13.4. The first-order valence-electron chi connectivity index (χ1n) is 12.0. The van der Waals surface area contributed by atoms with E-state index in [1.165, 1.54) is 12.8 Å². The van der Waals surface area contributed by atoms with Crippen molar-refractivity contribution in [1.82, 2.24) is 19.9 Å². The standard InChI is InChI=1S/C27H30N6O2/c1-19-17-28-26-24(19)25(29-18-30-26)20-5-9-22(10-6-20)33(16-15-32-13-3-4-14-32)27(34)31-21-7-11-23(35-2)12-8-21/h5-12,17-18H,3-4,13-16H2,1-2H3,(H,31,34)(H,28,29,30). The minimum atomic E-state index is -0.159. The van der Waals surface area contributed by atoms with E-state index in [0.29, 0.717) is 6.54 Å². The highest BCUT2D eigenvalue weighted by molar-refractivity contribution is 6.02. The molecule has 2 aromatic heterocycles. The Labute approximate surface area is 204 Å². The first-order chi connectivity index (χ1) is 17.1. The smallest absolute Gasteiger partial charge is 0.326 e. The van der Waals surface area contributed by atoms with E-state index in [4.69, 9.17) is 4.74 Å². The Hall–Kier alpha value is -3.91. The third kappa shape index (κ3) is 4.97. The number of carbonyl (C=O) groups excluding carboxylic acids is 1. The zero-order chi connectivity index (χ0) is 24.2. The Morgan fingerprint density at radius 2 is 1.83 bits per heavy atom. The number of aromatic nitrogens is 3. The molecule has 180 valence electrons. The zero-order valence-electron chi connectivity index (χ0n) is 20.1. The summed E-state index contributed by atoms with van der Waals surface area (Å²) < 4.78 is 5.22. The number of carbonyl (C=O) groups is 1. The number of methoxy groups -OCH3 is 1. The Balaban J connectivity index is 1.39. The maximum Gasteiger partial charge on any atom is 0.326 e. The third-order valence-corrected chi connectivity index (χ3v) is 6.54. The largest absolute Gasteiger partial charge is 0.497 e. The molecule has 0 saturated carbocycles. The van der Waals surface area contributed by atoms with Crippen molar-refractivity contribution in [3.05, 3.63) is 66.6 Å². The van der Waals surface area contributed by atoms with Crippen LogP contribution in [0.2, 0.25) is 0 Å². The SMILES string of the molecule is COc1ccc(NC(=O)N(CCN2CCCC2)c2ccc(-c3ncnc4[nH]cc(C)c34)cc2)cc1. The average molecular weight is 471 g/mol. The minimum Gasteiger partial charge on any atom is -0.497 e. The van der Waals surface area contributed by atoms with Gasteiger partial charge in [0.25, 0.3) is 0 Å². The molecule has 35 heavy (non-hydrogen) atoms. The molecule has 0 radical (unpaired) electrons. The molecule has 0 spiro atoms. The van der Waals surface area contributed by atoms with Crippen LogP contribution in [0.5, 0.6) is 5.75 Å². The number of nitrogens with zero attached hydrogens (tertiary/aromatic N) is 4. The number of hydrogen-bond acceptors (Lipinski definition) is 5. The molecule has 0 unspecified atom stereocenters. The van der Waals surface area contributed by atoms with Gasteiger partial charge in [0, 0.05) is 41.6 Å². The number of nitrogens with one attached hydrogen (secondary N) is 2.